The summed E-state index contributed by atoms with van der Waals surface area (Å²) in [6, 6.07) is 5.06. The van der Waals surface area contributed by atoms with E-state index in [1.54, 1.807) is 25.3 Å². The average molecular weight is 295 g/mol. The van der Waals surface area contributed by atoms with Crippen LogP contribution in [-0.2, 0) is 9.47 Å². The molecule has 1 fully saturated rings. The van der Waals surface area contributed by atoms with Crippen LogP contribution in [0, 0.1) is 0 Å². The summed E-state index contributed by atoms with van der Waals surface area (Å²) in [4.78, 5) is 12.1. The van der Waals surface area contributed by atoms with Crippen molar-refractivity contribution in [3.05, 3.63) is 23.8 Å². The lowest BCUT2D eigenvalue weighted by atomic mass is 10.2. The second kappa shape index (κ2) is 7.85. The lowest BCUT2D eigenvalue weighted by molar-refractivity contribution is -0.180. The SMILES string of the molecule is COc1ccc(C(=O)NCCC2OCCCO2)cc1OC. The Morgan fingerprint density at radius 2 is 1.95 bits per heavy atom. The van der Waals surface area contributed by atoms with Crippen molar-refractivity contribution < 1.29 is 23.7 Å². The number of carbonyl (C=O) groups is 1. The highest BCUT2D eigenvalue weighted by Crippen LogP contribution is 2.27. The van der Waals surface area contributed by atoms with Crippen LogP contribution < -0.4 is 14.8 Å². The largest absolute Gasteiger partial charge is 0.493 e. The van der Waals surface area contributed by atoms with Crippen LogP contribution in [0.3, 0.4) is 0 Å². The van der Waals surface area contributed by atoms with E-state index in [0.29, 0.717) is 43.2 Å². The van der Waals surface area contributed by atoms with Gasteiger partial charge in [-0.15, -0.1) is 0 Å². The fourth-order valence-corrected chi connectivity index (χ4v) is 2.09. The van der Waals surface area contributed by atoms with Crippen molar-refractivity contribution in [1.29, 1.82) is 0 Å². The number of carbonyl (C=O) groups excluding carboxylic acids is 1. The molecular formula is C15H21NO5. The van der Waals surface area contributed by atoms with Crippen molar-refractivity contribution in [2.24, 2.45) is 0 Å². The molecule has 2 rings (SSSR count). The zero-order chi connectivity index (χ0) is 15.1. The Morgan fingerprint density at radius 1 is 1.24 bits per heavy atom. The molecule has 0 unspecified atom stereocenters. The van der Waals surface area contributed by atoms with Crippen LogP contribution in [0.1, 0.15) is 23.2 Å². The molecule has 0 aliphatic carbocycles. The van der Waals surface area contributed by atoms with Gasteiger partial charge in [0.05, 0.1) is 27.4 Å². The van der Waals surface area contributed by atoms with Gasteiger partial charge in [-0.1, -0.05) is 0 Å². The van der Waals surface area contributed by atoms with Crippen molar-refractivity contribution in [3.63, 3.8) is 0 Å². The number of hydrogen-bond acceptors (Lipinski definition) is 5. The number of benzene rings is 1. The molecule has 0 radical (unpaired) electrons. The molecule has 0 saturated carbocycles. The van der Waals surface area contributed by atoms with E-state index in [2.05, 4.69) is 5.32 Å². The molecule has 1 heterocycles. The van der Waals surface area contributed by atoms with Crippen molar-refractivity contribution in [3.8, 4) is 11.5 Å². The average Bonchev–Trinajstić information content (AvgIpc) is 2.55. The van der Waals surface area contributed by atoms with Crippen LogP contribution >= 0.6 is 0 Å². The smallest absolute Gasteiger partial charge is 0.251 e. The van der Waals surface area contributed by atoms with Crippen LogP contribution in [0.25, 0.3) is 0 Å². The lowest BCUT2D eigenvalue weighted by Gasteiger charge is -2.23. The van der Waals surface area contributed by atoms with Gasteiger partial charge in [0.15, 0.2) is 17.8 Å². The van der Waals surface area contributed by atoms with Gasteiger partial charge in [0.2, 0.25) is 0 Å². The number of hydrogen-bond donors (Lipinski definition) is 1. The summed E-state index contributed by atoms with van der Waals surface area (Å²) in [6.45, 7) is 1.93. The van der Waals surface area contributed by atoms with Crippen molar-refractivity contribution in [2.45, 2.75) is 19.1 Å². The highest BCUT2D eigenvalue weighted by atomic mass is 16.7. The number of ether oxygens (including phenoxy) is 4. The second-order valence-electron chi connectivity index (χ2n) is 4.64. The third kappa shape index (κ3) is 4.34. The zero-order valence-electron chi connectivity index (χ0n) is 12.4. The summed E-state index contributed by atoms with van der Waals surface area (Å²) >= 11 is 0. The standard InChI is InChI=1S/C15H21NO5/c1-18-12-5-4-11(10-13(12)19-2)15(17)16-7-6-14-20-8-3-9-21-14/h4-5,10,14H,3,6-9H2,1-2H3,(H,16,17). The third-order valence-electron chi connectivity index (χ3n) is 3.21. The van der Waals surface area contributed by atoms with Gasteiger partial charge in [-0.25, -0.2) is 0 Å². The Labute approximate surface area is 124 Å². The minimum atomic E-state index is -0.218. The van der Waals surface area contributed by atoms with Crippen LogP contribution in [-0.4, -0.2) is 46.2 Å². The molecule has 1 aliphatic heterocycles. The fourth-order valence-electron chi connectivity index (χ4n) is 2.09. The molecule has 6 nitrogen and oxygen atoms in total. The molecule has 1 aromatic carbocycles. The monoisotopic (exact) mass is 295 g/mol. The summed E-state index contributed by atoms with van der Waals surface area (Å²) < 4.78 is 21.2. The molecule has 6 heteroatoms. The van der Waals surface area contributed by atoms with Crippen LogP contribution in [0.2, 0.25) is 0 Å². The quantitative estimate of drug-likeness (QED) is 0.863. The normalized spacial score (nSPS) is 15.5. The predicted octanol–water partition coefficient (Wildman–Crippen LogP) is 1.59. The van der Waals surface area contributed by atoms with Gasteiger partial charge >= 0.3 is 0 Å². The summed E-state index contributed by atoms with van der Waals surface area (Å²) in [7, 11) is 3.10. The molecule has 1 N–H and O–H groups in total. The van der Waals surface area contributed by atoms with Crippen LogP contribution in [0.4, 0.5) is 0 Å². The van der Waals surface area contributed by atoms with E-state index in [4.69, 9.17) is 18.9 Å². The molecule has 0 aromatic heterocycles. The molecule has 1 aliphatic rings. The van der Waals surface area contributed by atoms with E-state index in [9.17, 15) is 4.79 Å². The predicted molar refractivity (Wildman–Crippen MR) is 76.8 cm³/mol. The van der Waals surface area contributed by atoms with E-state index < -0.39 is 0 Å². The molecule has 1 aromatic rings. The zero-order valence-corrected chi connectivity index (χ0v) is 12.4. The van der Waals surface area contributed by atoms with Crippen LogP contribution in [0.5, 0.6) is 11.5 Å². The third-order valence-corrected chi connectivity index (χ3v) is 3.21. The number of nitrogens with one attached hydrogen (secondary N) is 1. The first-order valence-corrected chi connectivity index (χ1v) is 6.98. The minimum absolute atomic E-state index is 0.160. The molecule has 116 valence electrons. The van der Waals surface area contributed by atoms with Crippen LogP contribution in [0.15, 0.2) is 18.2 Å². The number of rotatable bonds is 6. The van der Waals surface area contributed by atoms with Gasteiger partial charge < -0.3 is 24.3 Å². The Morgan fingerprint density at radius 3 is 2.62 bits per heavy atom. The van der Waals surface area contributed by atoms with E-state index >= 15 is 0 Å². The van der Waals surface area contributed by atoms with E-state index in [1.165, 1.54) is 7.11 Å². The van der Waals surface area contributed by atoms with Crippen molar-refractivity contribution in [2.75, 3.05) is 34.0 Å². The Bertz CT molecular complexity index is 471. The summed E-state index contributed by atoms with van der Waals surface area (Å²) in [5.41, 5.74) is 0.526. The minimum Gasteiger partial charge on any atom is -0.493 e. The highest BCUT2D eigenvalue weighted by molar-refractivity contribution is 5.94. The second-order valence-corrected chi connectivity index (χ2v) is 4.64. The van der Waals surface area contributed by atoms with Gasteiger partial charge in [0, 0.05) is 18.5 Å². The fraction of sp³-hybridized carbons (Fsp3) is 0.533. The van der Waals surface area contributed by atoms with Gasteiger partial charge in [-0.2, -0.15) is 0 Å². The molecule has 21 heavy (non-hydrogen) atoms. The van der Waals surface area contributed by atoms with E-state index in [0.717, 1.165) is 6.42 Å². The van der Waals surface area contributed by atoms with Gasteiger partial charge in [0.1, 0.15) is 0 Å². The first-order valence-electron chi connectivity index (χ1n) is 6.98. The highest BCUT2D eigenvalue weighted by Gasteiger charge is 2.15. The Kier molecular flexibility index (Phi) is 5.83. The Hall–Kier alpha value is -1.79. The first kappa shape index (κ1) is 15.6. The summed E-state index contributed by atoms with van der Waals surface area (Å²) in [5.74, 6) is 0.967. The first-order chi connectivity index (χ1) is 10.2. The maximum atomic E-state index is 12.1. The molecular weight excluding hydrogens is 274 g/mol. The molecule has 1 saturated heterocycles. The molecule has 0 spiro atoms. The lowest BCUT2D eigenvalue weighted by Crippen LogP contribution is -2.31. The maximum Gasteiger partial charge on any atom is 0.251 e. The summed E-state index contributed by atoms with van der Waals surface area (Å²) in [5, 5.41) is 2.84. The summed E-state index contributed by atoms with van der Waals surface area (Å²) in [6.07, 6.45) is 1.34. The van der Waals surface area contributed by atoms with Crippen molar-refractivity contribution in [1.82, 2.24) is 5.32 Å². The topological polar surface area (TPSA) is 66.0 Å². The van der Waals surface area contributed by atoms with Gasteiger partial charge in [-0.05, 0) is 24.6 Å². The Balaban J connectivity index is 1.85. The van der Waals surface area contributed by atoms with Crippen molar-refractivity contribution >= 4 is 5.91 Å². The van der Waals surface area contributed by atoms with E-state index in [-0.39, 0.29) is 12.2 Å². The number of amides is 1. The molecule has 0 atom stereocenters. The molecule has 1 amide bonds. The maximum absolute atomic E-state index is 12.1. The van der Waals surface area contributed by atoms with Gasteiger partial charge in [0.25, 0.3) is 5.91 Å². The number of methoxy groups -OCH3 is 2. The molecule has 0 bridgehead atoms. The van der Waals surface area contributed by atoms with E-state index in [1.807, 2.05) is 0 Å². The van der Waals surface area contributed by atoms with Gasteiger partial charge in [-0.3, -0.25) is 4.79 Å².